The maximum atomic E-state index is 11.7. The molecule has 0 bridgehead atoms. The van der Waals surface area contributed by atoms with Crippen LogP contribution < -0.4 is 0 Å². The van der Waals surface area contributed by atoms with Crippen molar-refractivity contribution in [2.45, 2.75) is 23.2 Å². The van der Waals surface area contributed by atoms with Gasteiger partial charge in [-0.2, -0.15) is 0 Å². The zero-order chi connectivity index (χ0) is 9.64. The SMILES string of the molecule is C[C@H]1CC(O)=C2C=CS[C@H]2S1(=O)=O. The van der Waals surface area contributed by atoms with E-state index in [2.05, 4.69) is 0 Å². The fourth-order valence-corrected chi connectivity index (χ4v) is 5.03. The number of hydrogen-bond acceptors (Lipinski definition) is 4. The fraction of sp³-hybridized carbons (Fsp3) is 0.500. The van der Waals surface area contributed by atoms with Gasteiger partial charge < -0.3 is 5.11 Å². The van der Waals surface area contributed by atoms with E-state index in [0.29, 0.717) is 5.57 Å². The summed E-state index contributed by atoms with van der Waals surface area (Å²) in [6.07, 6.45) is 1.94. The van der Waals surface area contributed by atoms with Gasteiger partial charge in [0.25, 0.3) is 0 Å². The minimum atomic E-state index is -3.09. The minimum Gasteiger partial charge on any atom is -0.512 e. The van der Waals surface area contributed by atoms with Gasteiger partial charge in [0.1, 0.15) is 4.58 Å². The van der Waals surface area contributed by atoms with Gasteiger partial charge in [-0.1, -0.05) is 0 Å². The van der Waals surface area contributed by atoms with Crippen LogP contribution in [0.25, 0.3) is 0 Å². The highest BCUT2D eigenvalue weighted by atomic mass is 32.3. The maximum Gasteiger partial charge on any atom is 0.170 e. The summed E-state index contributed by atoms with van der Waals surface area (Å²) in [6, 6.07) is 0. The van der Waals surface area contributed by atoms with Crippen LogP contribution in [0.2, 0.25) is 0 Å². The third-order valence-corrected chi connectivity index (χ3v) is 6.45. The van der Waals surface area contributed by atoms with Crippen molar-refractivity contribution < 1.29 is 13.5 Å². The van der Waals surface area contributed by atoms with Gasteiger partial charge >= 0.3 is 0 Å². The summed E-state index contributed by atoms with van der Waals surface area (Å²) in [6.45, 7) is 1.64. The van der Waals surface area contributed by atoms with Gasteiger partial charge in [0.2, 0.25) is 0 Å². The van der Waals surface area contributed by atoms with E-state index in [1.807, 2.05) is 0 Å². The first-order valence-electron chi connectivity index (χ1n) is 4.00. The van der Waals surface area contributed by atoms with Gasteiger partial charge in [-0.15, -0.1) is 11.8 Å². The zero-order valence-electron chi connectivity index (χ0n) is 7.10. The van der Waals surface area contributed by atoms with Crippen molar-refractivity contribution in [2.75, 3.05) is 0 Å². The molecule has 3 nitrogen and oxygen atoms in total. The Morgan fingerprint density at radius 3 is 3.00 bits per heavy atom. The lowest BCUT2D eigenvalue weighted by Crippen LogP contribution is -2.33. The number of thioether (sulfide) groups is 1. The smallest absolute Gasteiger partial charge is 0.170 e. The number of fused-ring (bicyclic) bond motifs is 1. The number of allylic oxidation sites excluding steroid dienone is 2. The van der Waals surface area contributed by atoms with Crippen LogP contribution in [-0.4, -0.2) is 23.4 Å². The van der Waals surface area contributed by atoms with Crippen molar-refractivity contribution in [2.24, 2.45) is 0 Å². The first kappa shape index (κ1) is 9.15. The van der Waals surface area contributed by atoms with Gasteiger partial charge in [-0.25, -0.2) is 8.42 Å². The predicted octanol–water partition coefficient (Wildman–Crippen LogP) is 1.59. The molecule has 0 aromatic carbocycles. The molecule has 0 spiro atoms. The maximum absolute atomic E-state index is 11.7. The van der Waals surface area contributed by atoms with E-state index in [9.17, 15) is 13.5 Å². The van der Waals surface area contributed by atoms with Gasteiger partial charge in [-0.3, -0.25) is 0 Å². The Morgan fingerprint density at radius 1 is 1.62 bits per heavy atom. The van der Waals surface area contributed by atoms with Crippen LogP contribution in [0, 0.1) is 0 Å². The Morgan fingerprint density at radius 2 is 2.31 bits per heavy atom. The molecule has 2 aliphatic rings. The molecule has 0 aliphatic carbocycles. The summed E-state index contributed by atoms with van der Waals surface area (Å²) in [5.74, 6) is 0.230. The van der Waals surface area contributed by atoms with E-state index in [1.165, 1.54) is 11.8 Å². The average molecular weight is 218 g/mol. The molecule has 0 fully saturated rings. The molecule has 72 valence electrons. The molecule has 0 saturated heterocycles. The molecule has 0 radical (unpaired) electrons. The van der Waals surface area contributed by atoms with E-state index in [1.54, 1.807) is 18.4 Å². The first-order chi connectivity index (χ1) is 6.03. The van der Waals surface area contributed by atoms with Crippen molar-refractivity contribution in [1.82, 2.24) is 0 Å². The molecule has 0 saturated carbocycles. The standard InChI is InChI=1S/C8H10O3S2/c1-5-4-7(9)6-2-3-12-8(6)13(5,10)11/h2-3,5,8-9H,4H2,1H3/t5-,8-/m0/s1. The minimum absolute atomic E-state index is 0.230. The highest BCUT2D eigenvalue weighted by Gasteiger charge is 2.41. The highest BCUT2D eigenvalue weighted by Crippen LogP contribution is 2.41. The fourth-order valence-electron chi connectivity index (χ4n) is 1.54. The Balaban J connectivity index is 2.54. The third-order valence-electron chi connectivity index (χ3n) is 2.38. The molecule has 1 N–H and O–H groups in total. The largest absolute Gasteiger partial charge is 0.512 e. The molecular formula is C8H10O3S2. The molecule has 2 heterocycles. The molecular weight excluding hydrogens is 208 g/mol. The summed E-state index contributed by atoms with van der Waals surface area (Å²) in [5, 5.41) is 10.8. The monoisotopic (exact) mass is 218 g/mol. The predicted molar refractivity (Wildman–Crippen MR) is 53.2 cm³/mol. The average Bonchev–Trinajstić information content (AvgIpc) is 2.49. The Bertz CT molecular complexity index is 392. The van der Waals surface area contributed by atoms with E-state index in [-0.39, 0.29) is 12.2 Å². The molecule has 13 heavy (non-hydrogen) atoms. The van der Waals surface area contributed by atoms with Crippen LogP contribution in [0.4, 0.5) is 0 Å². The number of sulfone groups is 1. The topological polar surface area (TPSA) is 54.4 Å². The summed E-state index contributed by atoms with van der Waals surface area (Å²) < 4.78 is 22.9. The van der Waals surface area contributed by atoms with Crippen molar-refractivity contribution in [3.05, 3.63) is 22.8 Å². The summed E-state index contributed by atoms with van der Waals surface area (Å²) in [5.41, 5.74) is 0.572. The number of aliphatic hydroxyl groups excluding tert-OH is 1. The number of hydrogen-bond donors (Lipinski definition) is 1. The lowest BCUT2D eigenvalue weighted by atomic mass is 10.1. The Labute approximate surface area is 81.4 Å². The Hall–Kier alpha value is -0.420. The quantitative estimate of drug-likeness (QED) is 0.671. The van der Waals surface area contributed by atoms with E-state index in [4.69, 9.17) is 0 Å². The summed E-state index contributed by atoms with van der Waals surface area (Å²) in [7, 11) is -3.09. The van der Waals surface area contributed by atoms with E-state index < -0.39 is 19.7 Å². The van der Waals surface area contributed by atoms with Crippen molar-refractivity contribution in [1.29, 1.82) is 0 Å². The summed E-state index contributed by atoms with van der Waals surface area (Å²) >= 11 is 1.25. The van der Waals surface area contributed by atoms with Crippen LogP contribution in [0.5, 0.6) is 0 Å². The summed E-state index contributed by atoms with van der Waals surface area (Å²) in [4.78, 5) is 0. The molecule has 2 atom stereocenters. The molecule has 0 aromatic rings. The molecule has 2 rings (SSSR count). The molecule has 5 heteroatoms. The molecule has 2 aliphatic heterocycles. The second kappa shape index (κ2) is 2.78. The first-order valence-corrected chi connectivity index (χ1v) is 6.55. The zero-order valence-corrected chi connectivity index (χ0v) is 8.73. The van der Waals surface area contributed by atoms with Crippen LogP contribution >= 0.6 is 11.8 Å². The van der Waals surface area contributed by atoms with Gasteiger partial charge in [-0.05, 0) is 18.4 Å². The normalized spacial score (nSPS) is 36.4. The number of rotatable bonds is 0. The van der Waals surface area contributed by atoms with Crippen LogP contribution in [0.3, 0.4) is 0 Å². The second-order valence-corrected chi connectivity index (χ2v) is 7.04. The number of aliphatic hydroxyl groups is 1. The molecule has 0 amide bonds. The van der Waals surface area contributed by atoms with Crippen LogP contribution in [0.1, 0.15) is 13.3 Å². The second-order valence-electron chi connectivity index (χ2n) is 3.28. The van der Waals surface area contributed by atoms with Gasteiger partial charge in [0, 0.05) is 12.0 Å². The van der Waals surface area contributed by atoms with Gasteiger partial charge in [0.15, 0.2) is 9.84 Å². The van der Waals surface area contributed by atoms with E-state index in [0.717, 1.165) is 0 Å². The van der Waals surface area contributed by atoms with Gasteiger partial charge in [0.05, 0.1) is 11.0 Å². The lowest BCUT2D eigenvalue weighted by Gasteiger charge is -2.24. The van der Waals surface area contributed by atoms with E-state index >= 15 is 0 Å². The van der Waals surface area contributed by atoms with Crippen LogP contribution in [0.15, 0.2) is 22.8 Å². The van der Waals surface area contributed by atoms with Crippen LogP contribution in [-0.2, 0) is 9.84 Å². The molecule has 0 aromatic heterocycles. The van der Waals surface area contributed by atoms with Crippen molar-refractivity contribution >= 4 is 21.6 Å². The molecule has 0 unspecified atom stereocenters. The Kier molecular flexibility index (Phi) is 1.96. The third kappa shape index (κ3) is 1.21. The highest BCUT2D eigenvalue weighted by molar-refractivity contribution is 8.15. The van der Waals surface area contributed by atoms with Crippen molar-refractivity contribution in [3.63, 3.8) is 0 Å². The van der Waals surface area contributed by atoms with Crippen molar-refractivity contribution in [3.8, 4) is 0 Å². The lowest BCUT2D eigenvalue weighted by molar-refractivity contribution is 0.376.